The molecular weight excluding hydrogens is 268 g/mol. The standard InChI is InChI=1S/C17H30O4/c1-14(2)7-6-12-20-16(18)10-11-17(19)21-13-15-8-4-3-5-9-15/h14-15H,3-13H2,1-2H3. The van der Waals surface area contributed by atoms with Crippen molar-refractivity contribution in [2.24, 2.45) is 11.8 Å². The summed E-state index contributed by atoms with van der Waals surface area (Å²) in [5.41, 5.74) is 0. The average Bonchev–Trinajstić information content (AvgIpc) is 2.48. The molecule has 0 atom stereocenters. The molecule has 0 bridgehead atoms. The van der Waals surface area contributed by atoms with Gasteiger partial charge in [0, 0.05) is 0 Å². The lowest BCUT2D eigenvalue weighted by Gasteiger charge is -2.20. The molecule has 0 aromatic carbocycles. The van der Waals surface area contributed by atoms with E-state index in [2.05, 4.69) is 13.8 Å². The summed E-state index contributed by atoms with van der Waals surface area (Å²) in [6, 6.07) is 0. The molecule has 4 heteroatoms. The van der Waals surface area contributed by atoms with E-state index in [1.807, 2.05) is 0 Å². The van der Waals surface area contributed by atoms with Gasteiger partial charge in [-0.3, -0.25) is 9.59 Å². The van der Waals surface area contributed by atoms with E-state index in [1.165, 1.54) is 19.3 Å². The fraction of sp³-hybridized carbons (Fsp3) is 0.882. The molecule has 0 aliphatic heterocycles. The number of hydrogen-bond acceptors (Lipinski definition) is 4. The zero-order chi connectivity index (χ0) is 15.5. The fourth-order valence-electron chi connectivity index (χ4n) is 2.59. The van der Waals surface area contributed by atoms with Crippen molar-refractivity contribution in [2.45, 2.75) is 71.6 Å². The molecule has 1 rings (SSSR count). The van der Waals surface area contributed by atoms with E-state index >= 15 is 0 Å². The minimum Gasteiger partial charge on any atom is -0.466 e. The number of esters is 2. The van der Waals surface area contributed by atoms with Crippen LogP contribution in [0.5, 0.6) is 0 Å². The van der Waals surface area contributed by atoms with Crippen molar-refractivity contribution in [3.05, 3.63) is 0 Å². The van der Waals surface area contributed by atoms with Gasteiger partial charge in [-0.05, 0) is 37.5 Å². The van der Waals surface area contributed by atoms with Crippen molar-refractivity contribution in [3.63, 3.8) is 0 Å². The Balaban J connectivity index is 1.99. The highest BCUT2D eigenvalue weighted by Gasteiger charge is 2.16. The molecule has 0 N–H and O–H groups in total. The molecule has 0 aromatic rings. The molecule has 0 radical (unpaired) electrons. The predicted octanol–water partition coefficient (Wildman–Crippen LogP) is 3.87. The van der Waals surface area contributed by atoms with Crippen LogP contribution < -0.4 is 0 Å². The Labute approximate surface area is 128 Å². The SMILES string of the molecule is CC(C)CCCOC(=O)CCC(=O)OCC1CCCCC1. The summed E-state index contributed by atoms with van der Waals surface area (Å²) < 4.78 is 10.3. The van der Waals surface area contributed by atoms with Crippen molar-refractivity contribution >= 4 is 11.9 Å². The van der Waals surface area contributed by atoms with E-state index in [0.717, 1.165) is 25.7 Å². The average molecular weight is 298 g/mol. The van der Waals surface area contributed by atoms with Crippen LogP contribution in [0.3, 0.4) is 0 Å². The molecular formula is C17H30O4. The van der Waals surface area contributed by atoms with Crippen LogP contribution in [0.15, 0.2) is 0 Å². The maximum absolute atomic E-state index is 11.6. The highest BCUT2D eigenvalue weighted by Crippen LogP contribution is 2.23. The van der Waals surface area contributed by atoms with E-state index in [0.29, 0.717) is 25.0 Å². The summed E-state index contributed by atoms with van der Waals surface area (Å²) in [4.78, 5) is 23.0. The first-order valence-corrected chi connectivity index (χ1v) is 8.39. The van der Waals surface area contributed by atoms with Gasteiger partial charge >= 0.3 is 11.9 Å². The van der Waals surface area contributed by atoms with Gasteiger partial charge in [0.05, 0.1) is 26.1 Å². The lowest BCUT2D eigenvalue weighted by molar-refractivity contribution is -0.151. The summed E-state index contributed by atoms with van der Waals surface area (Å²) >= 11 is 0. The summed E-state index contributed by atoms with van der Waals surface area (Å²) in [5, 5.41) is 0. The van der Waals surface area contributed by atoms with Crippen molar-refractivity contribution in [2.75, 3.05) is 13.2 Å². The number of carbonyl (C=O) groups is 2. The second kappa shape index (κ2) is 10.6. The monoisotopic (exact) mass is 298 g/mol. The number of ether oxygens (including phenoxy) is 2. The second-order valence-corrected chi connectivity index (χ2v) is 6.44. The molecule has 0 aromatic heterocycles. The van der Waals surface area contributed by atoms with Crippen LogP contribution in [0.1, 0.15) is 71.6 Å². The molecule has 0 unspecified atom stereocenters. The summed E-state index contributed by atoms with van der Waals surface area (Å²) in [5.74, 6) is 0.567. The molecule has 0 saturated heterocycles. The van der Waals surface area contributed by atoms with Gasteiger partial charge in [-0.1, -0.05) is 33.1 Å². The number of carbonyl (C=O) groups excluding carboxylic acids is 2. The summed E-state index contributed by atoms with van der Waals surface area (Å²) in [7, 11) is 0. The highest BCUT2D eigenvalue weighted by atomic mass is 16.5. The lowest BCUT2D eigenvalue weighted by atomic mass is 9.90. The molecule has 4 nitrogen and oxygen atoms in total. The Morgan fingerprint density at radius 3 is 2.24 bits per heavy atom. The first-order chi connectivity index (χ1) is 10.1. The fourth-order valence-corrected chi connectivity index (χ4v) is 2.59. The van der Waals surface area contributed by atoms with E-state index < -0.39 is 0 Å². The lowest BCUT2D eigenvalue weighted by Crippen LogP contribution is -2.17. The highest BCUT2D eigenvalue weighted by molar-refractivity contribution is 5.77. The minimum absolute atomic E-state index is 0.130. The molecule has 1 fully saturated rings. The van der Waals surface area contributed by atoms with E-state index in [1.54, 1.807) is 0 Å². The van der Waals surface area contributed by atoms with Crippen LogP contribution in [-0.4, -0.2) is 25.2 Å². The number of rotatable bonds is 9. The normalized spacial score (nSPS) is 16.0. The Morgan fingerprint density at radius 1 is 1.00 bits per heavy atom. The van der Waals surface area contributed by atoms with Crippen LogP contribution in [0, 0.1) is 11.8 Å². The van der Waals surface area contributed by atoms with Gasteiger partial charge in [0.15, 0.2) is 0 Å². The van der Waals surface area contributed by atoms with Gasteiger partial charge in [0.1, 0.15) is 0 Å². The van der Waals surface area contributed by atoms with Crippen molar-refractivity contribution in [1.82, 2.24) is 0 Å². The Bertz CT molecular complexity index is 306. The molecule has 1 aliphatic rings. The first kappa shape index (κ1) is 18.0. The Morgan fingerprint density at radius 2 is 1.62 bits per heavy atom. The third-order valence-electron chi connectivity index (χ3n) is 3.93. The van der Waals surface area contributed by atoms with Crippen molar-refractivity contribution < 1.29 is 19.1 Å². The molecule has 1 saturated carbocycles. The molecule has 1 aliphatic carbocycles. The van der Waals surface area contributed by atoms with Crippen LogP contribution >= 0.6 is 0 Å². The van der Waals surface area contributed by atoms with Crippen LogP contribution in [-0.2, 0) is 19.1 Å². The van der Waals surface area contributed by atoms with Gasteiger partial charge in [0.25, 0.3) is 0 Å². The number of hydrogen-bond donors (Lipinski definition) is 0. The van der Waals surface area contributed by atoms with Gasteiger partial charge < -0.3 is 9.47 Å². The molecule has 21 heavy (non-hydrogen) atoms. The van der Waals surface area contributed by atoms with Crippen LogP contribution in [0.4, 0.5) is 0 Å². The topological polar surface area (TPSA) is 52.6 Å². The molecule has 0 spiro atoms. The third-order valence-corrected chi connectivity index (χ3v) is 3.93. The summed E-state index contributed by atoms with van der Waals surface area (Å²) in [6.07, 6.45) is 8.30. The predicted molar refractivity (Wildman–Crippen MR) is 81.8 cm³/mol. The van der Waals surface area contributed by atoms with Gasteiger partial charge in [-0.2, -0.15) is 0 Å². The Kier molecular flexibility index (Phi) is 9.11. The van der Waals surface area contributed by atoms with Crippen molar-refractivity contribution in [3.8, 4) is 0 Å². The van der Waals surface area contributed by atoms with E-state index in [-0.39, 0.29) is 24.8 Å². The molecule has 0 heterocycles. The zero-order valence-corrected chi connectivity index (χ0v) is 13.6. The van der Waals surface area contributed by atoms with E-state index in [9.17, 15) is 9.59 Å². The Hall–Kier alpha value is -1.06. The minimum atomic E-state index is -0.298. The first-order valence-electron chi connectivity index (χ1n) is 8.39. The largest absolute Gasteiger partial charge is 0.466 e. The van der Waals surface area contributed by atoms with E-state index in [4.69, 9.17) is 9.47 Å². The third kappa shape index (κ3) is 9.48. The quantitative estimate of drug-likeness (QED) is 0.479. The van der Waals surface area contributed by atoms with Gasteiger partial charge in [0.2, 0.25) is 0 Å². The zero-order valence-electron chi connectivity index (χ0n) is 13.6. The van der Waals surface area contributed by atoms with Gasteiger partial charge in [-0.15, -0.1) is 0 Å². The maximum atomic E-state index is 11.6. The van der Waals surface area contributed by atoms with Gasteiger partial charge in [-0.25, -0.2) is 0 Å². The maximum Gasteiger partial charge on any atom is 0.306 e. The second-order valence-electron chi connectivity index (χ2n) is 6.44. The molecule has 122 valence electrons. The molecule has 0 amide bonds. The summed E-state index contributed by atoms with van der Waals surface area (Å²) in [6.45, 7) is 5.25. The van der Waals surface area contributed by atoms with Crippen molar-refractivity contribution in [1.29, 1.82) is 0 Å². The van der Waals surface area contributed by atoms with Crippen LogP contribution in [0.2, 0.25) is 0 Å². The smallest absolute Gasteiger partial charge is 0.306 e. The van der Waals surface area contributed by atoms with Crippen LogP contribution in [0.25, 0.3) is 0 Å².